The van der Waals surface area contributed by atoms with Crippen LogP contribution in [0.2, 0.25) is 0 Å². The lowest BCUT2D eigenvalue weighted by Gasteiger charge is -2.02. The second-order valence-electron chi connectivity index (χ2n) is 2.99. The molecule has 3 N–H and O–H groups in total. The Bertz CT molecular complexity index is 312. The molecule has 0 atom stereocenters. The standard InChI is InChI=1S/C10H15N3S/c1-2-3-6-14-8-4-5-13-9(7-8)10(11)12/h4-5,7H,2-3,6H2,1H3,(H3,11,12). The molecule has 0 aliphatic rings. The summed E-state index contributed by atoms with van der Waals surface area (Å²) < 4.78 is 0. The van der Waals surface area contributed by atoms with E-state index in [1.807, 2.05) is 12.1 Å². The summed E-state index contributed by atoms with van der Waals surface area (Å²) >= 11 is 1.78. The largest absolute Gasteiger partial charge is 0.382 e. The van der Waals surface area contributed by atoms with Gasteiger partial charge in [0, 0.05) is 11.1 Å². The number of unbranched alkanes of at least 4 members (excludes halogenated alkanes) is 1. The third kappa shape index (κ3) is 3.38. The van der Waals surface area contributed by atoms with Crippen molar-refractivity contribution in [2.24, 2.45) is 5.73 Å². The van der Waals surface area contributed by atoms with Gasteiger partial charge in [-0.25, -0.2) is 0 Å². The molecular formula is C10H15N3S. The molecule has 0 radical (unpaired) electrons. The second kappa shape index (κ2) is 5.65. The Morgan fingerprint density at radius 1 is 1.64 bits per heavy atom. The van der Waals surface area contributed by atoms with Gasteiger partial charge in [-0.15, -0.1) is 11.8 Å². The molecule has 0 aromatic carbocycles. The van der Waals surface area contributed by atoms with Crippen LogP contribution in [0.1, 0.15) is 25.5 Å². The van der Waals surface area contributed by atoms with Crippen LogP contribution in [-0.2, 0) is 0 Å². The molecule has 4 heteroatoms. The van der Waals surface area contributed by atoms with Crippen molar-refractivity contribution >= 4 is 17.6 Å². The Balaban J connectivity index is 2.59. The molecule has 1 aromatic rings. The maximum absolute atomic E-state index is 7.25. The monoisotopic (exact) mass is 209 g/mol. The van der Waals surface area contributed by atoms with Crippen LogP contribution in [-0.4, -0.2) is 16.6 Å². The molecule has 0 saturated carbocycles. The maximum Gasteiger partial charge on any atom is 0.141 e. The van der Waals surface area contributed by atoms with Crippen molar-refractivity contribution in [2.45, 2.75) is 24.7 Å². The first-order chi connectivity index (χ1) is 6.74. The molecule has 0 aliphatic carbocycles. The molecule has 0 bridgehead atoms. The van der Waals surface area contributed by atoms with E-state index in [9.17, 15) is 0 Å². The van der Waals surface area contributed by atoms with Crippen LogP contribution in [0.4, 0.5) is 0 Å². The highest BCUT2D eigenvalue weighted by molar-refractivity contribution is 7.99. The van der Waals surface area contributed by atoms with E-state index in [-0.39, 0.29) is 5.84 Å². The number of thioether (sulfide) groups is 1. The molecule has 0 saturated heterocycles. The van der Waals surface area contributed by atoms with Gasteiger partial charge >= 0.3 is 0 Å². The van der Waals surface area contributed by atoms with Crippen LogP contribution in [0, 0.1) is 5.41 Å². The number of nitrogens with one attached hydrogen (secondary N) is 1. The maximum atomic E-state index is 7.25. The van der Waals surface area contributed by atoms with Crippen molar-refractivity contribution < 1.29 is 0 Å². The van der Waals surface area contributed by atoms with Gasteiger partial charge in [0.2, 0.25) is 0 Å². The number of nitrogens with two attached hydrogens (primary N) is 1. The van der Waals surface area contributed by atoms with Crippen molar-refractivity contribution in [2.75, 3.05) is 5.75 Å². The van der Waals surface area contributed by atoms with Crippen molar-refractivity contribution in [1.82, 2.24) is 4.98 Å². The minimum Gasteiger partial charge on any atom is -0.382 e. The molecule has 1 aromatic heterocycles. The molecule has 14 heavy (non-hydrogen) atoms. The summed E-state index contributed by atoms with van der Waals surface area (Å²) in [4.78, 5) is 5.14. The molecule has 1 heterocycles. The zero-order valence-electron chi connectivity index (χ0n) is 8.29. The van der Waals surface area contributed by atoms with E-state index >= 15 is 0 Å². The third-order valence-corrected chi connectivity index (χ3v) is 2.85. The summed E-state index contributed by atoms with van der Waals surface area (Å²) in [5, 5.41) is 7.25. The predicted octanol–water partition coefficient (Wildman–Crippen LogP) is 2.26. The number of aromatic nitrogens is 1. The van der Waals surface area contributed by atoms with Crippen molar-refractivity contribution in [1.29, 1.82) is 5.41 Å². The van der Waals surface area contributed by atoms with E-state index in [1.54, 1.807) is 18.0 Å². The topological polar surface area (TPSA) is 62.8 Å². The number of hydrogen-bond donors (Lipinski definition) is 2. The number of nitrogens with zero attached hydrogens (tertiary/aromatic N) is 1. The van der Waals surface area contributed by atoms with Crippen molar-refractivity contribution in [3.8, 4) is 0 Å². The zero-order chi connectivity index (χ0) is 10.4. The Labute approximate surface area is 88.6 Å². The van der Waals surface area contributed by atoms with E-state index in [2.05, 4.69) is 11.9 Å². The predicted molar refractivity (Wildman–Crippen MR) is 60.9 cm³/mol. The quantitative estimate of drug-likeness (QED) is 0.338. The van der Waals surface area contributed by atoms with Crippen LogP contribution < -0.4 is 5.73 Å². The fraction of sp³-hybridized carbons (Fsp3) is 0.400. The zero-order valence-corrected chi connectivity index (χ0v) is 9.10. The van der Waals surface area contributed by atoms with Crippen LogP contribution in [0.3, 0.4) is 0 Å². The summed E-state index contributed by atoms with van der Waals surface area (Å²) in [6, 6.07) is 3.81. The van der Waals surface area contributed by atoms with E-state index in [0.717, 1.165) is 10.6 Å². The fourth-order valence-electron chi connectivity index (χ4n) is 0.983. The van der Waals surface area contributed by atoms with E-state index < -0.39 is 0 Å². The molecule has 0 spiro atoms. The Morgan fingerprint density at radius 2 is 2.43 bits per heavy atom. The van der Waals surface area contributed by atoms with Gasteiger partial charge < -0.3 is 5.73 Å². The molecule has 3 nitrogen and oxygen atoms in total. The highest BCUT2D eigenvalue weighted by atomic mass is 32.2. The lowest BCUT2D eigenvalue weighted by atomic mass is 10.3. The van der Waals surface area contributed by atoms with E-state index in [4.69, 9.17) is 11.1 Å². The molecule has 0 aliphatic heterocycles. The number of hydrogen-bond acceptors (Lipinski definition) is 3. The summed E-state index contributed by atoms with van der Waals surface area (Å²) in [6.07, 6.45) is 4.12. The van der Waals surface area contributed by atoms with Gasteiger partial charge in [0.15, 0.2) is 0 Å². The first kappa shape index (κ1) is 11.0. The number of nitrogen functional groups attached to an aromatic ring is 1. The van der Waals surface area contributed by atoms with Gasteiger partial charge in [-0.1, -0.05) is 13.3 Å². The van der Waals surface area contributed by atoms with Gasteiger partial charge in [-0.3, -0.25) is 10.4 Å². The van der Waals surface area contributed by atoms with Crippen LogP contribution in [0.15, 0.2) is 23.2 Å². The van der Waals surface area contributed by atoms with Crippen LogP contribution in [0.25, 0.3) is 0 Å². The number of rotatable bonds is 5. The third-order valence-electron chi connectivity index (χ3n) is 1.77. The molecule has 0 fully saturated rings. The van der Waals surface area contributed by atoms with E-state index in [0.29, 0.717) is 5.69 Å². The van der Waals surface area contributed by atoms with Gasteiger partial charge in [0.1, 0.15) is 11.5 Å². The highest BCUT2D eigenvalue weighted by Gasteiger charge is 1.99. The molecule has 0 unspecified atom stereocenters. The van der Waals surface area contributed by atoms with Crippen LogP contribution in [0.5, 0.6) is 0 Å². The molecule has 0 amide bonds. The van der Waals surface area contributed by atoms with Gasteiger partial charge in [0.05, 0.1) is 0 Å². The molecule has 1 rings (SSSR count). The average Bonchev–Trinajstić information content (AvgIpc) is 2.19. The summed E-state index contributed by atoms with van der Waals surface area (Å²) in [5.41, 5.74) is 5.91. The Hall–Kier alpha value is -1.03. The van der Waals surface area contributed by atoms with E-state index in [1.165, 1.54) is 12.8 Å². The second-order valence-corrected chi connectivity index (χ2v) is 4.16. The Kier molecular flexibility index (Phi) is 4.46. The summed E-state index contributed by atoms with van der Waals surface area (Å²) in [7, 11) is 0. The van der Waals surface area contributed by atoms with Gasteiger partial charge in [-0.05, 0) is 24.3 Å². The molecular weight excluding hydrogens is 194 g/mol. The first-order valence-electron chi connectivity index (χ1n) is 4.67. The Morgan fingerprint density at radius 3 is 3.07 bits per heavy atom. The van der Waals surface area contributed by atoms with Crippen molar-refractivity contribution in [3.63, 3.8) is 0 Å². The highest BCUT2D eigenvalue weighted by Crippen LogP contribution is 2.19. The van der Waals surface area contributed by atoms with Crippen LogP contribution >= 0.6 is 11.8 Å². The van der Waals surface area contributed by atoms with Gasteiger partial charge in [0.25, 0.3) is 0 Å². The smallest absolute Gasteiger partial charge is 0.141 e. The fourth-order valence-corrected chi connectivity index (χ4v) is 2.00. The van der Waals surface area contributed by atoms with Crippen molar-refractivity contribution in [3.05, 3.63) is 24.0 Å². The average molecular weight is 209 g/mol. The minimum atomic E-state index is 0.0305. The summed E-state index contributed by atoms with van der Waals surface area (Å²) in [5.74, 6) is 1.14. The first-order valence-corrected chi connectivity index (χ1v) is 5.66. The SMILES string of the molecule is CCCCSc1ccnc(C(=N)N)c1. The number of amidine groups is 1. The minimum absolute atomic E-state index is 0.0305. The lowest BCUT2D eigenvalue weighted by Crippen LogP contribution is -2.12. The normalized spacial score (nSPS) is 10.1. The number of pyridine rings is 1. The summed E-state index contributed by atoms with van der Waals surface area (Å²) in [6.45, 7) is 2.17. The lowest BCUT2D eigenvalue weighted by molar-refractivity contribution is 0.896. The molecule has 76 valence electrons. The van der Waals surface area contributed by atoms with Gasteiger partial charge in [-0.2, -0.15) is 0 Å².